The van der Waals surface area contributed by atoms with Gasteiger partial charge in [-0.05, 0) is 50.2 Å². The van der Waals surface area contributed by atoms with Crippen LogP contribution in [0.5, 0.6) is 0 Å². The van der Waals surface area contributed by atoms with E-state index >= 15 is 0 Å². The lowest BCUT2D eigenvalue weighted by Crippen LogP contribution is -2.63. The molecule has 6 atom stereocenters. The molecule has 4 rings (SSSR count). The Bertz CT molecular complexity index is 1570. The maximum Gasteiger partial charge on any atom is 0.248 e. The maximum atomic E-state index is 14.1. The number of nitrogens with zero attached hydrogens (tertiary/aromatic N) is 3. The van der Waals surface area contributed by atoms with Gasteiger partial charge in [0.05, 0.1) is 11.1 Å². The molecule has 5 N–H and O–H groups in total. The molecule has 3 heterocycles. The SMILES string of the molecule is CCC(=O)C(CCCC[C@@H]1NC(=O)[C@H]2CCCCN2C(=O)[C@H](C(C)CC)NC(=O)C(c2cn(N)c3ccccc3c2=O)NC1=O)N=O. The molecular formula is C33H45N7O7. The molecule has 254 valence electrons. The molecule has 14 nitrogen and oxygen atoms in total. The molecule has 2 aromatic rings. The van der Waals surface area contributed by atoms with Crippen LogP contribution in [0.4, 0.5) is 0 Å². The average Bonchev–Trinajstić information content (AvgIpc) is 3.09. The highest BCUT2D eigenvalue weighted by Crippen LogP contribution is 2.24. The molecule has 0 bridgehead atoms. The van der Waals surface area contributed by atoms with Crippen molar-refractivity contribution in [3.8, 4) is 0 Å². The number of carbonyl (C=O) groups excluding carboxylic acids is 5. The van der Waals surface area contributed by atoms with E-state index in [4.69, 9.17) is 5.84 Å². The van der Waals surface area contributed by atoms with Crippen molar-refractivity contribution in [1.82, 2.24) is 25.5 Å². The Kier molecular flexibility index (Phi) is 11.8. The van der Waals surface area contributed by atoms with Gasteiger partial charge >= 0.3 is 0 Å². The van der Waals surface area contributed by atoms with Crippen LogP contribution in [0.2, 0.25) is 0 Å². The van der Waals surface area contributed by atoms with Crippen LogP contribution in [0.15, 0.2) is 40.4 Å². The van der Waals surface area contributed by atoms with Crippen molar-refractivity contribution in [2.75, 3.05) is 12.4 Å². The number of fused-ring (bicyclic) bond motifs is 2. The standard InChI is InChI=1S/C33H45N7O7/c1-4-19(3)27-33(46)39-17-11-10-16-25(39)31(44)35-23(14-8-7-13-22(38-47)26(41)5-2)30(43)37-28(32(45)36-27)21-18-40(34)24-15-9-6-12-20(24)29(21)42/h6,9,12,15,18-19,22-23,25,27-28H,4-5,7-8,10-11,13-14,16-17,34H2,1-3H3,(H,35,44)(H,36,45)(H,37,43)/t19?,22?,23-,25+,27-,28?/m0/s1. The number of carbonyl (C=O) groups is 5. The van der Waals surface area contributed by atoms with E-state index in [1.54, 1.807) is 31.2 Å². The molecule has 47 heavy (non-hydrogen) atoms. The third-order valence-corrected chi connectivity index (χ3v) is 9.39. The van der Waals surface area contributed by atoms with Crippen LogP contribution in [0, 0.1) is 10.8 Å². The minimum absolute atomic E-state index is 0.104. The molecule has 1 aromatic heterocycles. The molecule has 3 unspecified atom stereocenters. The van der Waals surface area contributed by atoms with Gasteiger partial charge in [0.2, 0.25) is 23.6 Å². The first-order chi connectivity index (χ1) is 22.5. The Labute approximate surface area is 273 Å². The number of nitrogens with one attached hydrogen (secondary N) is 3. The summed E-state index contributed by atoms with van der Waals surface area (Å²) in [4.78, 5) is 94.3. The number of nitroso groups, excluding NO2 is 1. The van der Waals surface area contributed by atoms with Crippen molar-refractivity contribution in [3.05, 3.63) is 51.2 Å². The summed E-state index contributed by atoms with van der Waals surface area (Å²) in [6.07, 6.45) is 4.79. The van der Waals surface area contributed by atoms with Gasteiger partial charge in [0, 0.05) is 24.5 Å². The number of nitrogen functional groups attached to an aromatic ring is 1. The fraction of sp³-hybridized carbons (Fsp3) is 0.576. The van der Waals surface area contributed by atoms with Gasteiger partial charge in [0.15, 0.2) is 11.2 Å². The Morgan fingerprint density at radius 2 is 1.74 bits per heavy atom. The number of hydrogen-bond acceptors (Lipinski definition) is 9. The number of hydrogen-bond donors (Lipinski definition) is 4. The molecule has 0 saturated carbocycles. The predicted octanol–water partition coefficient (Wildman–Crippen LogP) is 1.96. The van der Waals surface area contributed by atoms with E-state index in [1.807, 2.05) is 13.8 Å². The van der Waals surface area contributed by atoms with Crippen molar-refractivity contribution < 1.29 is 24.0 Å². The van der Waals surface area contributed by atoms with Gasteiger partial charge in [0.25, 0.3) is 0 Å². The monoisotopic (exact) mass is 651 g/mol. The summed E-state index contributed by atoms with van der Waals surface area (Å²) in [5.74, 6) is 3.27. The van der Waals surface area contributed by atoms with Gasteiger partial charge < -0.3 is 26.7 Å². The summed E-state index contributed by atoms with van der Waals surface area (Å²) < 4.78 is 1.20. The first kappa shape index (κ1) is 35.2. The van der Waals surface area contributed by atoms with Gasteiger partial charge in [-0.2, -0.15) is 4.91 Å². The zero-order chi connectivity index (χ0) is 34.2. The highest BCUT2D eigenvalue weighted by Gasteiger charge is 2.41. The van der Waals surface area contributed by atoms with Crippen LogP contribution in [0.1, 0.15) is 90.2 Å². The minimum atomic E-state index is -1.55. The second-order valence-corrected chi connectivity index (χ2v) is 12.5. The lowest BCUT2D eigenvalue weighted by Gasteiger charge is -2.39. The van der Waals surface area contributed by atoms with Gasteiger partial charge in [-0.25, -0.2) is 0 Å². The van der Waals surface area contributed by atoms with E-state index in [1.165, 1.54) is 15.8 Å². The van der Waals surface area contributed by atoms with E-state index in [0.29, 0.717) is 50.6 Å². The van der Waals surface area contributed by atoms with Crippen molar-refractivity contribution in [2.45, 2.75) is 109 Å². The summed E-state index contributed by atoms with van der Waals surface area (Å²) in [5, 5.41) is 11.5. The first-order valence-corrected chi connectivity index (χ1v) is 16.5. The topological polar surface area (TPSA) is 202 Å². The minimum Gasteiger partial charge on any atom is -0.343 e. The summed E-state index contributed by atoms with van der Waals surface area (Å²) in [6.45, 7) is 5.66. The molecule has 14 heteroatoms. The van der Waals surface area contributed by atoms with Gasteiger partial charge in [-0.1, -0.05) is 57.3 Å². The first-order valence-electron chi connectivity index (χ1n) is 16.5. The van der Waals surface area contributed by atoms with Crippen LogP contribution in [-0.2, 0) is 24.0 Å². The van der Waals surface area contributed by atoms with Crippen LogP contribution in [0.3, 0.4) is 0 Å². The quantitative estimate of drug-likeness (QED) is 0.160. The van der Waals surface area contributed by atoms with Crippen LogP contribution in [0.25, 0.3) is 10.9 Å². The lowest BCUT2D eigenvalue weighted by atomic mass is 9.93. The number of amides is 4. The number of piperidine rings is 1. The number of Topliss-reactive ketones (excluding diaryl/α,β-unsaturated/α-hetero) is 1. The smallest absolute Gasteiger partial charge is 0.248 e. The summed E-state index contributed by atoms with van der Waals surface area (Å²) in [6, 6.07) is 1.06. The highest BCUT2D eigenvalue weighted by molar-refractivity contribution is 5.98. The Balaban J connectivity index is 1.74. The number of aromatic nitrogens is 1. The third-order valence-electron chi connectivity index (χ3n) is 9.39. The van der Waals surface area contributed by atoms with E-state index in [9.17, 15) is 33.7 Å². The molecule has 1 aromatic carbocycles. The molecule has 2 aliphatic rings. The molecule has 2 aliphatic heterocycles. The molecular weight excluding hydrogens is 606 g/mol. The van der Waals surface area contributed by atoms with E-state index in [2.05, 4.69) is 21.1 Å². The highest BCUT2D eigenvalue weighted by atomic mass is 16.3. The number of unbranched alkanes of at least 4 members (excludes halogenated alkanes) is 1. The van der Waals surface area contributed by atoms with Crippen molar-refractivity contribution >= 4 is 40.3 Å². The van der Waals surface area contributed by atoms with Crippen molar-refractivity contribution in [1.29, 1.82) is 0 Å². The predicted molar refractivity (Wildman–Crippen MR) is 175 cm³/mol. The van der Waals surface area contributed by atoms with Gasteiger partial charge in [0.1, 0.15) is 30.2 Å². The van der Waals surface area contributed by atoms with Crippen molar-refractivity contribution in [2.24, 2.45) is 11.1 Å². The van der Waals surface area contributed by atoms with Gasteiger partial charge in [-0.3, -0.25) is 33.4 Å². The maximum absolute atomic E-state index is 14.1. The molecule has 0 spiro atoms. The Hall–Kier alpha value is -4.62. The zero-order valence-electron chi connectivity index (χ0n) is 27.2. The number of para-hydroxylation sites is 1. The average molecular weight is 652 g/mol. The number of ketones is 1. The van der Waals surface area contributed by atoms with E-state index in [-0.39, 0.29) is 41.9 Å². The second kappa shape index (κ2) is 15.8. The summed E-state index contributed by atoms with van der Waals surface area (Å²) >= 11 is 0. The van der Waals surface area contributed by atoms with Crippen LogP contribution < -0.4 is 27.2 Å². The van der Waals surface area contributed by atoms with E-state index < -0.39 is 59.3 Å². The molecule has 2 fully saturated rings. The van der Waals surface area contributed by atoms with Crippen molar-refractivity contribution in [3.63, 3.8) is 0 Å². The zero-order valence-corrected chi connectivity index (χ0v) is 27.2. The number of benzene rings is 1. The number of rotatable bonds is 11. The summed E-state index contributed by atoms with van der Waals surface area (Å²) in [7, 11) is 0. The number of nitrogens with two attached hydrogens (primary N) is 1. The largest absolute Gasteiger partial charge is 0.343 e. The fourth-order valence-electron chi connectivity index (χ4n) is 6.35. The molecule has 2 saturated heterocycles. The van der Waals surface area contributed by atoms with Crippen LogP contribution in [-0.4, -0.2) is 69.7 Å². The Morgan fingerprint density at radius 1 is 1.00 bits per heavy atom. The molecule has 4 amide bonds. The van der Waals surface area contributed by atoms with E-state index in [0.717, 1.165) is 0 Å². The molecule has 0 radical (unpaired) electrons. The number of pyridine rings is 1. The molecule has 0 aliphatic carbocycles. The third kappa shape index (κ3) is 7.86. The van der Waals surface area contributed by atoms with Gasteiger partial charge in [-0.15, -0.1) is 0 Å². The summed E-state index contributed by atoms with van der Waals surface area (Å²) in [5.41, 5.74) is -0.214. The Morgan fingerprint density at radius 3 is 2.45 bits per heavy atom. The lowest BCUT2D eigenvalue weighted by molar-refractivity contribution is -0.147. The second-order valence-electron chi connectivity index (χ2n) is 12.5. The fourth-order valence-corrected chi connectivity index (χ4v) is 6.35. The van der Waals surface area contributed by atoms with Crippen LogP contribution >= 0.6 is 0 Å². The normalized spacial score (nSPS) is 23.8.